The summed E-state index contributed by atoms with van der Waals surface area (Å²) in [7, 11) is 0. The van der Waals surface area contributed by atoms with Crippen LogP contribution in [0.2, 0.25) is 0 Å². The first-order valence-corrected chi connectivity index (χ1v) is 8.32. The first kappa shape index (κ1) is 14.0. The van der Waals surface area contributed by atoms with Gasteiger partial charge in [0.2, 0.25) is 0 Å². The topological polar surface area (TPSA) is 37.8 Å². The van der Waals surface area contributed by atoms with E-state index in [2.05, 4.69) is 25.2 Å². The van der Waals surface area contributed by atoms with Gasteiger partial charge in [-0.15, -0.1) is 0 Å². The van der Waals surface area contributed by atoms with E-state index in [0.717, 1.165) is 30.0 Å². The largest absolute Gasteiger partial charge is 0.308 e. The van der Waals surface area contributed by atoms with Crippen LogP contribution in [0, 0.1) is 12.8 Å². The fourth-order valence-corrected chi connectivity index (χ4v) is 3.30. The number of aromatic nitrogens is 2. The maximum Gasteiger partial charge on any atom is 0.131 e. The van der Waals surface area contributed by atoms with Crippen LogP contribution in [0.25, 0.3) is 0 Å². The van der Waals surface area contributed by atoms with Crippen LogP contribution in [0.15, 0.2) is 6.07 Å². The van der Waals surface area contributed by atoms with E-state index in [1.54, 1.807) is 0 Å². The molecule has 0 radical (unpaired) electrons. The summed E-state index contributed by atoms with van der Waals surface area (Å²) < 4.78 is 0. The maximum atomic E-state index is 4.83. The number of aryl methyl sites for hydroxylation is 1. The molecular weight excluding hydrogens is 246 g/mol. The molecule has 0 atom stereocenters. The van der Waals surface area contributed by atoms with Gasteiger partial charge in [0.25, 0.3) is 0 Å². The summed E-state index contributed by atoms with van der Waals surface area (Å²) in [5, 5.41) is 3.56. The molecule has 110 valence electrons. The molecule has 0 bridgehead atoms. The Kier molecular flexibility index (Phi) is 4.35. The highest BCUT2D eigenvalue weighted by atomic mass is 15.0. The van der Waals surface area contributed by atoms with E-state index >= 15 is 0 Å². The predicted molar refractivity (Wildman–Crippen MR) is 81.6 cm³/mol. The molecule has 3 rings (SSSR count). The van der Waals surface area contributed by atoms with Gasteiger partial charge in [-0.2, -0.15) is 0 Å². The minimum atomic E-state index is 0.595. The predicted octanol–water partition coefficient (Wildman–Crippen LogP) is 3.72. The maximum absolute atomic E-state index is 4.83. The average molecular weight is 273 g/mol. The smallest absolute Gasteiger partial charge is 0.131 e. The quantitative estimate of drug-likeness (QED) is 0.888. The third-order valence-corrected chi connectivity index (χ3v) is 4.86. The van der Waals surface area contributed by atoms with Crippen molar-refractivity contribution in [2.24, 2.45) is 5.92 Å². The van der Waals surface area contributed by atoms with Gasteiger partial charge in [-0.25, -0.2) is 9.97 Å². The molecule has 0 amide bonds. The first-order chi connectivity index (χ1) is 9.74. The normalized spacial score (nSPS) is 26.7. The molecule has 1 N–H and O–H groups in total. The van der Waals surface area contributed by atoms with Crippen LogP contribution in [-0.4, -0.2) is 16.0 Å². The van der Waals surface area contributed by atoms with Crippen LogP contribution in [0.1, 0.15) is 75.0 Å². The second-order valence-corrected chi connectivity index (χ2v) is 6.64. The van der Waals surface area contributed by atoms with Gasteiger partial charge in [0.15, 0.2) is 0 Å². The Hall–Kier alpha value is -0.960. The van der Waals surface area contributed by atoms with Gasteiger partial charge in [0.05, 0.1) is 5.69 Å². The van der Waals surface area contributed by atoms with Crippen LogP contribution in [0.3, 0.4) is 0 Å². The van der Waals surface area contributed by atoms with Crippen molar-refractivity contribution >= 4 is 0 Å². The number of hydrogen-bond donors (Lipinski definition) is 1. The van der Waals surface area contributed by atoms with E-state index in [0.29, 0.717) is 5.92 Å². The van der Waals surface area contributed by atoms with Crippen LogP contribution in [0.5, 0.6) is 0 Å². The van der Waals surface area contributed by atoms with E-state index in [9.17, 15) is 0 Å². The summed E-state index contributed by atoms with van der Waals surface area (Å²) in [6.45, 7) is 5.32. The second-order valence-electron chi connectivity index (χ2n) is 6.64. The van der Waals surface area contributed by atoms with Crippen molar-refractivity contribution in [2.75, 3.05) is 0 Å². The highest BCUT2D eigenvalue weighted by Gasteiger charge is 2.24. The fourth-order valence-electron chi connectivity index (χ4n) is 3.30. The van der Waals surface area contributed by atoms with Gasteiger partial charge < -0.3 is 5.32 Å². The molecule has 20 heavy (non-hydrogen) atoms. The molecule has 0 aromatic carbocycles. The van der Waals surface area contributed by atoms with Crippen molar-refractivity contribution in [1.29, 1.82) is 0 Å². The van der Waals surface area contributed by atoms with Gasteiger partial charge in [-0.1, -0.05) is 13.3 Å². The number of hydrogen-bond acceptors (Lipinski definition) is 3. The van der Waals surface area contributed by atoms with E-state index in [1.807, 2.05) is 0 Å². The van der Waals surface area contributed by atoms with Crippen LogP contribution in [0.4, 0.5) is 0 Å². The third kappa shape index (κ3) is 3.57. The van der Waals surface area contributed by atoms with Crippen molar-refractivity contribution < 1.29 is 0 Å². The Bertz CT molecular complexity index is 446. The molecule has 1 aromatic heterocycles. The van der Waals surface area contributed by atoms with Crippen molar-refractivity contribution in [1.82, 2.24) is 15.3 Å². The molecule has 0 unspecified atom stereocenters. The Morgan fingerprint density at radius 3 is 2.50 bits per heavy atom. The lowest BCUT2D eigenvalue weighted by Crippen LogP contribution is -2.19. The molecule has 1 heterocycles. The van der Waals surface area contributed by atoms with Crippen LogP contribution < -0.4 is 5.32 Å². The van der Waals surface area contributed by atoms with Gasteiger partial charge in [0, 0.05) is 24.2 Å². The second kappa shape index (κ2) is 6.21. The molecule has 3 nitrogen and oxygen atoms in total. The molecule has 2 fully saturated rings. The summed E-state index contributed by atoms with van der Waals surface area (Å²) in [4.78, 5) is 9.55. The molecule has 0 aliphatic heterocycles. The number of nitrogens with zero attached hydrogens (tertiary/aromatic N) is 2. The lowest BCUT2D eigenvalue weighted by molar-refractivity contribution is 0.311. The molecule has 0 spiro atoms. The molecule has 2 aliphatic carbocycles. The zero-order chi connectivity index (χ0) is 13.9. The standard InChI is InChI=1S/C17H27N3/c1-3-13-4-6-14(7-5-13)17-19-12(2)10-16(20-17)11-18-15-8-9-15/h10,13-15,18H,3-9,11H2,1-2H3. The number of nitrogens with one attached hydrogen (secondary N) is 1. The molecule has 2 aliphatic rings. The minimum absolute atomic E-state index is 0.595. The monoisotopic (exact) mass is 273 g/mol. The SMILES string of the molecule is CCC1CCC(c2nc(C)cc(CNC3CC3)n2)CC1. The fraction of sp³-hybridized carbons (Fsp3) is 0.765. The average Bonchev–Trinajstić information content (AvgIpc) is 3.29. The molecule has 2 saturated carbocycles. The Labute approximate surface area is 122 Å². The van der Waals surface area contributed by atoms with Crippen molar-refractivity contribution in [3.05, 3.63) is 23.3 Å². The van der Waals surface area contributed by atoms with Crippen LogP contribution in [-0.2, 0) is 6.54 Å². The van der Waals surface area contributed by atoms with Gasteiger partial charge in [0.1, 0.15) is 5.82 Å². The molecule has 3 heteroatoms. The van der Waals surface area contributed by atoms with Gasteiger partial charge in [-0.05, 0) is 57.4 Å². The van der Waals surface area contributed by atoms with Gasteiger partial charge in [-0.3, -0.25) is 0 Å². The highest BCUT2D eigenvalue weighted by molar-refractivity contribution is 5.13. The Balaban J connectivity index is 1.65. The highest BCUT2D eigenvalue weighted by Crippen LogP contribution is 2.35. The minimum Gasteiger partial charge on any atom is -0.308 e. The van der Waals surface area contributed by atoms with E-state index in [4.69, 9.17) is 9.97 Å². The molecular formula is C17H27N3. The molecule has 0 saturated heterocycles. The Morgan fingerprint density at radius 2 is 1.85 bits per heavy atom. The lowest BCUT2D eigenvalue weighted by Gasteiger charge is -2.27. The zero-order valence-corrected chi connectivity index (χ0v) is 12.9. The summed E-state index contributed by atoms with van der Waals surface area (Å²) in [6, 6.07) is 2.88. The first-order valence-electron chi connectivity index (χ1n) is 8.32. The summed E-state index contributed by atoms with van der Waals surface area (Å²) in [6.07, 6.45) is 9.25. The Morgan fingerprint density at radius 1 is 1.10 bits per heavy atom. The van der Waals surface area contributed by atoms with Gasteiger partial charge >= 0.3 is 0 Å². The summed E-state index contributed by atoms with van der Waals surface area (Å²) in [5.41, 5.74) is 2.30. The van der Waals surface area contributed by atoms with Crippen molar-refractivity contribution in [3.63, 3.8) is 0 Å². The zero-order valence-electron chi connectivity index (χ0n) is 12.9. The molecule has 1 aromatic rings. The summed E-state index contributed by atoms with van der Waals surface area (Å²) >= 11 is 0. The third-order valence-electron chi connectivity index (χ3n) is 4.86. The van der Waals surface area contributed by atoms with Crippen molar-refractivity contribution in [2.45, 2.75) is 77.3 Å². The summed E-state index contributed by atoms with van der Waals surface area (Å²) in [5.74, 6) is 2.64. The van der Waals surface area contributed by atoms with E-state index < -0.39 is 0 Å². The lowest BCUT2D eigenvalue weighted by atomic mass is 9.80. The van der Waals surface area contributed by atoms with E-state index in [-0.39, 0.29) is 0 Å². The van der Waals surface area contributed by atoms with Crippen molar-refractivity contribution in [3.8, 4) is 0 Å². The van der Waals surface area contributed by atoms with Crippen LogP contribution >= 0.6 is 0 Å². The van der Waals surface area contributed by atoms with E-state index in [1.165, 1.54) is 50.6 Å². The number of rotatable bonds is 5.